The predicted octanol–water partition coefficient (Wildman–Crippen LogP) is 3.95. The lowest BCUT2D eigenvalue weighted by Gasteiger charge is -2.18. The summed E-state index contributed by atoms with van der Waals surface area (Å²) >= 11 is 0. The van der Waals surface area contributed by atoms with Crippen LogP contribution in [-0.2, 0) is 6.42 Å². The number of aromatic nitrogens is 2. The molecule has 0 saturated heterocycles. The van der Waals surface area contributed by atoms with Crippen LogP contribution in [0.2, 0.25) is 0 Å². The number of hydrogen-bond acceptors (Lipinski definition) is 4. The summed E-state index contributed by atoms with van der Waals surface area (Å²) in [6.07, 6.45) is 5.59. The first-order valence-electron chi connectivity index (χ1n) is 7.83. The fourth-order valence-electron chi connectivity index (χ4n) is 2.20. The Bertz CT molecular complexity index is 415. The van der Waals surface area contributed by atoms with E-state index in [1.807, 2.05) is 6.92 Å². The molecule has 4 nitrogen and oxygen atoms in total. The molecule has 0 spiro atoms. The Morgan fingerprint density at radius 2 is 1.85 bits per heavy atom. The van der Waals surface area contributed by atoms with Gasteiger partial charge in [-0.1, -0.05) is 33.6 Å². The molecule has 1 aromatic heterocycles. The number of rotatable bonds is 8. The van der Waals surface area contributed by atoms with Gasteiger partial charge in [0.2, 0.25) is 0 Å². The molecule has 0 bridgehead atoms. The molecule has 1 unspecified atom stereocenters. The summed E-state index contributed by atoms with van der Waals surface area (Å²) in [5, 5.41) is 3.49. The van der Waals surface area contributed by atoms with Crippen LogP contribution in [0.15, 0.2) is 0 Å². The lowest BCUT2D eigenvalue weighted by molar-refractivity contribution is 0.519. The van der Waals surface area contributed by atoms with Gasteiger partial charge in [-0.3, -0.25) is 0 Å². The fourth-order valence-corrected chi connectivity index (χ4v) is 2.20. The van der Waals surface area contributed by atoms with Crippen molar-refractivity contribution in [1.29, 1.82) is 0 Å². The quantitative estimate of drug-likeness (QED) is 0.756. The predicted molar refractivity (Wildman–Crippen MR) is 87.0 cm³/mol. The highest BCUT2D eigenvalue weighted by atomic mass is 15.1. The van der Waals surface area contributed by atoms with Crippen LogP contribution in [0.3, 0.4) is 0 Å². The largest absolute Gasteiger partial charge is 0.383 e. The molecule has 20 heavy (non-hydrogen) atoms. The molecule has 4 heteroatoms. The Hall–Kier alpha value is -1.32. The number of hydrogen-bond donors (Lipinski definition) is 2. The van der Waals surface area contributed by atoms with Gasteiger partial charge in [-0.2, -0.15) is 0 Å². The van der Waals surface area contributed by atoms with Crippen molar-refractivity contribution in [2.45, 2.75) is 72.8 Å². The summed E-state index contributed by atoms with van der Waals surface area (Å²) in [6.45, 7) is 10.8. The first-order valence-corrected chi connectivity index (χ1v) is 7.83. The van der Waals surface area contributed by atoms with E-state index in [-0.39, 0.29) is 0 Å². The van der Waals surface area contributed by atoms with E-state index in [2.05, 4.69) is 43.0 Å². The summed E-state index contributed by atoms with van der Waals surface area (Å²) in [5.74, 6) is 3.11. The van der Waals surface area contributed by atoms with Crippen molar-refractivity contribution in [3.05, 3.63) is 11.4 Å². The minimum atomic E-state index is 0.413. The molecule has 0 amide bonds. The van der Waals surface area contributed by atoms with Gasteiger partial charge >= 0.3 is 0 Å². The zero-order valence-corrected chi connectivity index (χ0v) is 13.7. The van der Waals surface area contributed by atoms with Gasteiger partial charge in [0.05, 0.1) is 0 Å². The first kappa shape index (κ1) is 16.7. The first-order chi connectivity index (χ1) is 9.43. The number of anilines is 2. The normalized spacial score (nSPS) is 12.7. The van der Waals surface area contributed by atoms with Crippen molar-refractivity contribution in [1.82, 2.24) is 9.97 Å². The molecular weight excluding hydrogens is 248 g/mol. The average molecular weight is 278 g/mol. The van der Waals surface area contributed by atoms with Crippen LogP contribution in [0.1, 0.15) is 64.8 Å². The summed E-state index contributed by atoms with van der Waals surface area (Å²) in [4.78, 5) is 8.95. The molecule has 0 saturated carbocycles. The zero-order chi connectivity index (χ0) is 15.1. The standard InChI is InChI=1S/C16H30N4/c1-6-8-14-19-15(17)13(5)16(20-14)18-12(4)10-7-9-11(2)3/h11-12H,6-10H2,1-5H3,(H3,17,18,19,20). The summed E-state index contributed by atoms with van der Waals surface area (Å²) in [7, 11) is 0. The molecule has 114 valence electrons. The maximum absolute atomic E-state index is 5.98. The van der Waals surface area contributed by atoms with Crippen LogP contribution in [0, 0.1) is 12.8 Å². The monoisotopic (exact) mass is 278 g/mol. The Balaban J connectivity index is 2.65. The minimum Gasteiger partial charge on any atom is -0.383 e. The van der Waals surface area contributed by atoms with E-state index in [4.69, 9.17) is 5.73 Å². The van der Waals surface area contributed by atoms with Gasteiger partial charge in [0, 0.05) is 18.0 Å². The van der Waals surface area contributed by atoms with Crippen molar-refractivity contribution in [2.75, 3.05) is 11.1 Å². The van der Waals surface area contributed by atoms with Gasteiger partial charge in [-0.15, -0.1) is 0 Å². The third-order valence-corrected chi connectivity index (χ3v) is 3.51. The molecule has 1 rings (SSSR count). The molecule has 1 aromatic rings. The number of nitrogens with two attached hydrogens (primary N) is 1. The van der Waals surface area contributed by atoms with E-state index < -0.39 is 0 Å². The second kappa shape index (κ2) is 8.08. The van der Waals surface area contributed by atoms with E-state index in [9.17, 15) is 0 Å². The molecular formula is C16H30N4. The molecule has 0 fully saturated rings. The molecule has 0 aromatic carbocycles. The second-order valence-corrected chi connectivity index (χ2v) is 6.12. The number of nitrogen functional groups attached to an aromatic ring is 1. The number of nitrogens with one attached hydrogen (secondary N) is 1. The summed E-state index contributed by atoms with van der Waals surface area (Å²) < 4.78 is 0. The minimum absolute atomic E-state index is 0.413. The van der Waals surface area contributed by atoms with Gasteiger partial charge in [-0.05, 0) is 32.6 Å². The van der Waals surface area contributed by atoms with Crippen LogP contribution in [-0.4, -0.2) is 16.0 Å². The SMILES string of the molecule is CCCc1nc(N)c(C)c(NC(C)CCCC(C)C)n1. The van der Waals surface area contributed by atoms with Crippen molar-refractivity contribution in [3.63, 3.8) is 0 Å². The molecule has 0 radical (unpaired) electrons. The third kappa shape index (κ3) is 5.35. The highest BCUT2D eigenvalue weighted by Gasteiger charge is 2.11. The van der Waals surface area contributed by atoms with Gasteiger partial charge in [0.25, 0.3) is 0 Å². The van der Waals surface area contributed by atoms with E-state index in [0.717, 1.165) is 42.4 Å². The third-order valence-electron chi connectivity index (χ3n) is 3.51. The van der Waals surface area contributed by atoms with Crippen molar-refractivity contribution < 1.29 is 0 Å². The van der Waals surface area contributed by atoms with E-state index in [1.165, 1.54) is 12.8 Å². The zero-order valence-electron chi connectivity index (χ0n) is 13.7. The molecule has 3 N–H and O–H groups in total. The highest BCUT2D eigenvalue weighted by Crippen LogP contribution is 2.20. The van der Waals surface area contributed by atoms with Crippen molar-refractivity contribution in [2.24, 2.45) is 5.92 Å². The van der Waals surface area contributed by atoms with Crippen LogP contribution in [0.25, 0.3) is 0 Å². The molecule has 1 heterocycles. The van der Waals surface area contributed by atoms with E-state index in [0.29, 0.717) is 11.9 Å². The molecule has 0 aliphatic heterocycles. The second-order valence-electron chi connectivity index (χ2n) is 6.12. The summed E-state index contributed by atoms with van der Waals surface area (Å²) in [6, 6.07) is 0.413. The molecule has 0 aliphatic carbocycles. The Morgan fingerprint density at radius 3 is 2.45 bits per heavy atom. The maximum Gasteiger partial charge on any atom is 0.134 e. The Morgan fingerprint density at radius 1 is 1.15 bits per heavy atom. The fraction of sp³-hybridized carbons (Fsp3) is 0.750. The lowest BCUT2D eigenvalue weighted by Crippen LogP contribution is -2.18. The van der Waals surface area contributed by atoms with E-state index in [1.54, 1.807) is 0 Å². The number of nitrogens with zero attached hydrogens (tertiary/aromatic N) is 2. The molecule has 1 atom stereocenters. The van der Waals surface area contributed by atoms with Gasteiger partial charge in [0.1, 0.15) is 17.5 Å². The lowest BCUT2D eigenvalue weighted by atomic mass is 10.0. The van der Waals surface area contributed by atoms with Gasteiger partial charge < -0.3 is 11.1 Å². The van der Waals surface area contributed by atoms with Crippen LogP contribution < -0.4 is 11.1 Å². The van der Waals surface area contributed by atoms with Crippen LogP contribution in [0.5, 0.6) is 0 Å². The topological polar surface area (TPSA) is 63.8 Å². The Kier molecular flexibility index (Phi) is 6.76. The van der Waals surface area contributed by atoms with Gasteiger partial charge in [-0.25, -0.2) is 9.97 Å². The number of aryl methyl sites for hydroxylation is 1. The summed E-state index contributed by atoms with van der Waals surface area (Å²) in [5.41, 5.74) is 6.94. The van der Waals surface area contributed by atoms with Crippen molar-refractivity contribution in [3.8, 4) is 0 Å². The Labute approximate surface area is 123 Å². The van der Waals surface area contributed by atoms with Crippen LogP contribution >= 0.6 is 0 Å². The highest BCUT2D eigenvalue weighted by molar-refractivity contribution is 5.55. The smallest absolute Gasteiger partial charge is 0.134 e. The van der Waals surface area contributed by atoms with E-state index >= 15 is 0 Å². The van der Waals surface area contributed by atoms with Crippen molar-refractivity contribution >= 4 is 11.6 Å². The molecule has 0 aliphatic rings. The average Bonchev–Trinajstić information content (AvgIpc) is 2.35. The van der Waals surface area contributed by atoms with Crippen LogP contribution in [0.4, 0.5) is 11.6 Å². The maximum atomic E-state index is 5.98. The van der Waals surface area contributed by atoms with Gasteiger partial charge in [0.15, 0.2) is 0 Å².